The monoisotopic (exact) mass is 380 g/mol. The summed E-state index contributed by atoms with van der Waals surface area (Å²) < 4.78 is 0. The fourth-order valence-electron chi connectivity index (χ4n) is 8.23. The van der Waals surface area contributed by atoms with Crippen molar-refractivity contribution < 1.29 is 0 Å². The lowest BCUT2D eigenvalue weighted by molar-refractivity contribution is -0.0391. The Bertz CT molecular complexity index is 674. The van der Waals surface area contributed by atoms with Crippen LogP contribution in [0.4, 0.5) is 0 Å². The van der Waals surface area contributed by atoms with E-state index >= 15 is 0 Å². The minimum atomic E-state index is 0.521. The van der Waals surface area contributed by atoms with Gasteiger partial charge < -0.3 is 0 Å². The van der Waals surface area contributed by atoms with E-state index in [4.69, 9.17) is 0 Å². The van der Waals surface area contributed by atoms with Crippen LogP contribution in [0.25, 0.3) is 0 Å². The number of fused-ring (bicyclic) bond motifs is 5. The van der Waals surface area contributed by atoms with Gasteiger partial charge in [0.1, 0.15) is 0 Å². The minimum Gasteiger partial charge on any atom is -0.0995 e. The molecule has 0 N–H and O–H groups in total. The largest absolute Gasteiger partial charge is 0.0995 e. The van der Waals surface area contributed by atoms with Crippen LogP contribution in [0, 0.1) is 40.4 Å². The third-order valence-electron chi connectivity index (χ3n) is 9.86. The fraction of sp³-hybridized carbons (Fsp3) is 0.786. The van der Waals surface area contributed by atoms with Crippen LogP contribution in [0.5, 0.6) is 0 Å². The Morgan fingerprint density at radius 3 is 2.64 bits per heavy atom. The van der Waals surface area contributed by atoms with Gasteiger partial charge in [0.15, 0.2) is 0 Å². The van der Waals surface area contributed by atoms with Crippen LogP contribution in [0.3, 0.4) is 0 Å². The third kappa shape index (κ3) is 3.27. The van der Waals surface area contributed by atoms with Crippen LogP contribution < -0.4 is 0 Å². The highest BCUT2D eigenvalue weighted by Crippen LogP contribution is 2.67. The topological polar surface area (TPSA) is 0 Å². The summed E-state index contributed by atoms with van der Waals surface area (Å²) in [5.41, 5.74) is 5.90. The van der Waals surface area contributed by atoms with Crippen LogP contribution in [0.15, 0.2) is 35.5 Å². The van der Waals surface area contributed by atoms with Crippen molar-refractivity contribution in [3.05, 3.63) is 35.5 Å². The molecule has 0 heterocycles. The molecule has 0 aromatic heterocycles. The van der Waals surface area contributed by atoms with Gasteiger partial charge in [-0.1, -0.05) is 56.2 Å². The van der Waals surface area contributed by atoms with E-state index in [0.29, 0.717) is 10.8 Å². The molecule has 28 heavy (non-hydrogen) atoms. The van der Waals surface area contributed by atoms with Crippen molar-refractivity contribution in [3.63, 3.8) is 0 Å². The average molecular weight is 381 g/mol. The van der Waals surface area contributed by atoms with Gasteiger partial charge in [0.2, 0.25) is 0 Å². The summed E-state index contributed by atoms with van der Waals surface area (Å²) in [4.78, 5) is 0. The molecule has 0 bridgehead atoms. The van der Waals surface area contributed by atoms with E-state index in [2.05, 4.69) is 53.3 Å². The number of allylic oxidation sites excluding steroid dienone is 5. The Morgan fingerprint density at radius 2 is 1.89 bits per heavy atom. The summed E-state index contributed by atoms with van der Waals surface area (Å²) in [6.07, 6.45) is 18.9. The summed E-state index contributed by atoms with van der Waals surface area (Å²) in [5.74, 6) is 4.51. The zero-order valence-electron chi connectivity index (χ0n) is 19.3. The summed E-state index contributed by atoms with van der Waals surface area (Å²) in [7, 11) is 0. The van der Waals surface area contributed by atoms with E-state index in [1.165, 1.54) is 69.8 Å². The van der Waals surface area contributed by atoms with E-state index in [0.717, 1.165) is 29.6 Å². The molecular weight excluding hydrogens is 336 g/mol. The first-order chi connectivity index (χ1) is 13.3. The molecule has 0 saturated heterocycles. The highest BCUT2D eigenvalue weighted by atomic mass is 14.6. The lowest BCUT2D eigenvalue weighted by Gasteiger charge is -2.58. The molecule has 0 radical (unpaired) electrons. The van der Waals surface area contributed by atoms with Gasteiger partial charge in [0.25, 0.3) is 0 Å². The maximum atomic E-state index is 4.62. The Kier molecular flexibility index (Phi) is 5.47. The summed E-state index contributed by atoms with van der Waals surface area (Å²) in [6.45, 7) is 16.8. The summed E-state index contributed by atoms with van der Waals surface area (Å²) in [6, 6.07) is 0. The van der Waals surface area contributed by atoms with Crippen LogP contribution in [0.2, 0.25) is 0 Å². The molecule has 0 nitrogen and oxygen atoms in total. The zero-order valence-corrected chi connectivity index (χ0v) is 19.3. The van der Waals surface area contributed by atoms with Crippen LogP contribution in [0.1, 0.15) is 98.8 Å². The molecule has 4 unspecified atom stereocenters. The van der Waals surface area contributed by atoms with Crippen molar-refractivity contribution >= 4 is 0 Å². The molecule has 0 heteroatoms. The molecule has 0 aliphatic heterocycles. The Morgan fingerprint density at radius 1 is 1.11 bits per heavy atom. The van der Waals surface area contributed by atoms with Gasteiger partial charge in [0, 0.05) is 0 Å². The first-order valence-electron chi connectivity index (χ1n) is 12.3. The van der Waals surface area contributed by atoms with Gasteiger partial charge in [-0.15, -0.1) is 0 Å². The molecule has 4 aliphatic carbocycles. The van der Waals surface area contributed by atoms with E-state index in [9.17, 15) is 0 Å². The predicted octanol–water partition coefficient (Wildman–Crippen LogP) is 8.50. The van der Waals surface area contributed by atoms with Gasteiger partial charge in [-0.25, -0.2) is 0 Å². The molecule has 7 atom stereocenters. The van der Waals surface area contributed by atoms with E-state index in [1.807, 2.05) is 5.57 Å². The van der Waals surface area contributed by atoms with Gasteiger partial charge in [0.05, 0.1) is 0 Å². The molecule has 0 spiro atoms. The van der Waals surface area contributed by atoms with Crippen molar-refractivity contribution in [1.82, 2.24) is 0 Å². The predicted molar refractivity (Wildman–Crippen MR) is 122 cm³/mol. The second kappa shape index (κ2) is 7.48. The zero-order chi connectivity index (χ0) is 20.1. The molecule has 0 aromatic carbocycles. The maximum Gasteiger partial charge on any atom is -0.00851 e. The van der Waals surface area contributed by atoms with Crippen molar-refractivity contribution in [2.24, 2.45) is 40.4 Å². The van der Waals surface area contributed by atoms with Crippen LogP contribution in [-0.4, -0.2) is 0 Å². The van der Waals surface area contributed by atoms with Crippen molar-refractivity contribution in [3.8, 4) is 0 Å². The lowest BCUT2D eigenvalue weighted by atomic mass is 9.47. The van der Waals surface area contributed by atoms with E-state index < -0.39 is 0 Å². The normalized spacial score (nSPS) is 44.8. The standard InChI is InChI=1S/C28H44/c1-19(2)8-7-9-21(4)24-12-13-25-23-11-10-22-18-20(3)14-16-27(22,5)26(23)15-17-28(24,25)6/h8,10,20,23-26H,4,7,9,11-18H2,1-3,5-6H3/t20-,23?,24?,25?,26?,27-,28+/m0/s1. The maximum absolute atomic E-state index is 4.62. The van der Waals surface area contributed by atoms with Crippen molar-refractivity contribution in [1.29, 1.82) is 0 Å². The van der Waals surface area contributed by atoms with Crippen molar-refractivity contribution in [2.45, 2.75) is 98.8 Å². The minimum absolute atomic E-state index is 0.521. The van der Waals surface area contributed by atoms with Gasteiger partial charge in [-0.3, -0.25) is 0 Å². The smallest absolute Gasteiger partial charge is 0.00851 e. The highest BCUT2D eigenvalue weighted by molar-refractivity contribution is 5.26. The molecular formula is C28H44. The Hall–Kier alpha value is -0.780. The first-order valence-corrected chi connectivity index (χ1v) is 12.3. The molecule has 3 fully saturated rings. The summed E-state index contributed by atoms with van der Waals surface area (Å²) >= 11 is 0. The summed E-state index contributed by atoms with van der Waals surface area (Å²) in [5, 5.41) is 0. The SMILES string of the molecule is C=C(CCC=C(C)C)C1CCC2C3CC=C4C[C@@H](C)CC[C@]4(C)C3CC[C@]12C. The van der Waals surface area contributed by atoms with Crippen molar-refractivity contribution in [2.75, 3.05) is 0 Å². The number of hydrogen-bond donors (Lipinski definition) is 0. The van der Waals surface area contributed by atoms with E-state index in [-0.39, 0.29) is 0 Å². The molecule has 156 valence electrons. The quantitative estimate of drug-likeness (QED) is 0.429. The van der Waals surface area contributed by atoms with E-state index in [1.54, 1.807) is 5.57 Å². The second-order valence-corrected chi connectivity index (χ2v) is 11.8. The van der Waals surface area contributed by atoms with Crippen LogP contribution >= 0.6 is 0 Å². The molecule has 4 rings (SSSR count). The Balaban J connectivity index is 1.52. The second-order valence-electron chi connectivity index (χ2n) is 11.8. The molecule has 0 amide bonds. The lowest BCUT2D eigenvalue weighted by Crippen LogP contribution is -2.50. The van der Waals surface area contributed by atoms with Gasteiger partial charge >= 0.3 is 0 Å². The van der Waals surface area contributed by atoms with Crippen LogP contribution in [-0.2, 0) is 0 Å². The number of rotatable bonds is 4. The number of hydrogen-bond acceptors (Lipinski definition) is 0. The Labute approximate surface area is 175 Å². The molecule has 0 aromatic rings. The average Bonchev–Trinajstić information content (AvgIpc) is 2.99. The molecule has 3 saturated carbocycles. The van der Waals surface area contributed by atoms with Gasteiger partial charge in [-0.05, 0) is 118 Å². The molecule has 4 aliphatic rings. The fourth-order valence-corrected chi connectivity index (χ4v) is 8.23. The van der Waals surface area contributed by atoms with Gasteiger partial charge in [-0.2, -0.15) is 0 Å². The highest BCUT2D eigenvalue weighted by Gasteiger charge is 2.58. The first kappa shape index (κ1) is 20.5. The third-order valence-corrected chi connectivity index (χ3v) is 9.86.